The smallest absolute Gasteiger partial charge is 0.223 e. The van der Waals surface area contributed by atoms with E-state index in [9.17, 15) is 4.79 Å². The number of piperidine rings is 1. The highest BCUT2D eigenvalue weighted by Crippen LogP contribution is 2.26. The van der Waals surface area contributed by atoms with Gasteiger partial charge in [0.25, 0.3) is 0 Å². The molecule has 0 radical (unpaired) electrons. The van der Waals surface area contributed by atoms with E-state index >= 15 is 0 Å². The van der Waals surface area contributed by atoms with Gasteiger partial charge in [-0.15, -0.1) is 0 Å². The maximum atomic E-state index is 12.8. The van der Waals surface area contributed by atoms with Crippen LogP contribution in [0.25, 0.3) is 0 Å². The number of hydrogen-bond donors (Lipinski definition) is 1. The van der Waals surface area contributed by atoms with Crippen molar-refractivity contribution in [3.63, 3.8) is 0 Å². The monoisotopic (exact) mass is 446 g/mol. The first kappa shape index (κ1) is 23.1. The molecule has 1 amide bonds. The number of carbonyl (C=O) groups is 1. The number of halogens is 2. The number of hydrogen-bond acceptors (Lipinski definition) is 2. The first-order valence-corrected chi connectivity index (χ1v) is 11.5. The Kier molecular flexibility index (Phi) is 7.49. The molecule has 2 aromatic carbocycles. The van der Waals surface area contributed by atoms with E-state index in [-0.39, 0.29) is 23.3 Å². The number of carbonyl (C=O) groups excluding carboxylic acids is 1. The van der Waals surface area contributed by atoms with Crippen molar-refractivity contribution in [1.29, 1.82) is 0 Å². The van der Waals surface area contributed by atoms with E-state index in [0.717, 1.165) is 43.6 Å². The number of likely N-dealkylation sites (tertiary alicyclic amines) is 1. The Hall–Kier alpha value is -1.55. The minimum Gasteiger partial charge on any atom is -0.349 e. The average Bonchev–Trinajstić information content (AvgIpc) is 2.70. The van der Waals surface area contributed by atoms with Crippen LogP contribution in [0.2, 0.25) is 10.0 Å². The molecular weight excluding hydrogens is 415 g/mol. The minimum absolute atomic E-state index is 0.0146. The molecule has 1 N–H and O–H groups in total. The topological polar surface area (TPSA) is 32.3 Å². The summed E-state index contributed by atoms with van der Waals surface area (Å²) in [6.45, 7) is 11.3. The first-order valence-electron chi connectivity index (χ1n) is 10.7. The van der Waals surface area contributed by atoms with Gasteiger partial charge in [-0.1, -0.05) is 74.3 Å². The second-order valence-corrected chi connectivity index (χ2v) is 10.2. The maximum absolute atomic E-state index is 12.8. The Bertz CT molecular complexity index is 866. The highest BCUT2D eigenvalue weighted by Gasteiger charge is 2.26. The third-order valence-corrected chi connectivity index (χ3v) is 6.72. The van der Waals surface area contributed by atoms with E-state index in [1.54, 1.807) is 0 Å². The molecule has 162 valence electrons. The zero-order chi connectivity index (χ0) is 21.9. The van der Waals surface area contributed by atoms with Crippen molar-refractivity contribution >= 4 is 29.1 Å². The Morgan fingerprint density at radius 1 is 1.07 bits per heavy atom. The van der Waals surface area contributed by atoms with Crippen LogP contribution in [0, 0.1) is 5.92 Å². The fourth-order valence-corrected chi connectivity index (χ4v) is 4.26. The van der Waals surface area contributed by atoms with Crippen LogP contribution in [0.15, 0.2) is 42.5 Å². The Morgan fingerprint density at radius 3 is 2.27 bits per heavy atom. The van der Waals surface area contributed by atoms with Crippen molar-refractivity contribution in [2.24, 2.45) is 5.92 Å². The Morgan fingerprint density at radius 2 is 1.70 bits per heavy atom. The standard InChI is InChI=1S/C25H32Cl2N2O/c1-17(19-6-8-21(9-7-19)25(2,3)4)28-24(30)20-11-13-29(14-12-20)16-18-5-10-22(26)23(27)15-18/h5-10,15,17,20H,11-14,16H2,1-4H3,(H,28,30). The van der Waals surface area contributed by atoms with E-state index < -0.39 is 0 Å². The molecule has 0 saturated carbocycles. The zero-order valence-electron chi connectivity index (χ0n) is 18.3. The molecule has 3 rings (SSSR count). The normalized spacial score (nSPS) is 17.0. The highest BCUT2D eigenvalue weighted by molar-refractivity contribution is 6.42. The average molecular weight is 447 g/mol. The summed E-state index contributed by atoms with van der Waals surface area (Å²) in [4.78, 5) is 15.2. The fraction of sp³-hybridized carbons (Fsp3) is 0.480. The second kappa shape index (κ2) is 9.72. The number of rotatable bonds is 5. The predicted molar refractivity (Wildman–Crippen MR) is 126 cm³/mol. The van der Waals surface area contributed by atoms with Crippen molar-refractivity contribution in [2.45, 2.75) is 58.5 Å². The van der Waals surface area contributed by atoms with Crippen molar-refractivity contribution < 1.29 is 4.79 Å². The molecule has 30 heavy (non-hydrogen) atoms. The van der Waals surface area contributed by atoms with Gasteiger partial charge in [0, 0.05) is 12.5 Å². The summed E-state index contributed by atoms with van der Waals surface area (Å²) in [5.74, 6) is 0.239. The molecule has 5 heteroatoms. The van der Waals surface area contributed by atoms with Crippen molar-refractivity contribution in [1.82, 2.24) is 10.2 Å². The predicted octanol–water partition coefficient (Wildman–Crippen LogP) is 6.38. The Labute approximate surface area is 190 Å². The molecule has 1 fully saturated rings. The number of amides is 1. The van der Waals surface area contributed by atoms with Gasteiger partial charge >= 0.3 is 0 Å². The lowest BCUT2D eigenvalue weighted by atomic mass is 9.86. The SMILES string of the molecule is CC(NC(=O)C1CCN(Cc2ccc(Cl)c(Cl)c2)CC1)c1ccc(C(C)(C)C)cc1. The van der Waals surface area contributed by atoms with Crippen LogP contribution in [0.5, 0.6) is 0 Å². The van der Waals surface area contributed by atoms with Gasteiger partial charge in [0.1, 0.15) is 0 Å². The van der Waals surface area contributed by atoms with Gasteiger partial charge in [-0.2, -0.15) is 0 Å². The molecule has 0 spiro atoms. The van der Waals surface area contributed by atoms with Gasteiger partial charge in [0.15, 0.2) is 0 Å². The summed E-state index contributed by atoms with van der Waals surface area (Å²) in [6, 6.07) is 14.4. The fourth-order valence-electron chi connectivity index (χ4n) is 3.94. The lowest BCUT2D eigenvalue weighted by Gasteiger charge is -2.32. The third-order valence-electron chi connectivity index (χ3n) is 5.98. The second-order valence-electron chi connectivity index (χ2n) is 9.40. The zero-order valence-corrected chi connectivity index (χ0v) is 19.9. The molecule has 1 unspecified atom stereocenters. The van der Waals surface area contributed by atoms with E-state index in [2.05, 4.69) is 62.2 Å². The van der Waals surface area contributed by atoms with Gasteiger partial charge < -0.3 is 5.32 Å². The molecular formula is C25H32Cl2N2O. The number of nitrogens with one attached hydrogen (secondary N) is 1. The molecule has 1 saturated heterocycles. The Balaban J connectivity index is 1.49. The van der Waals surface area contributed by atoms with Crippen molar-refractivity contribution in [3.8, 4) is 0 Å². The molecule has 1 aliphatic heterocycles. The summed E-state index contributed by atoms with van der Waals surface area (Å²) >= 11 is 12.1. The van der Waals surface area contributed by atoms with Crippen LogP contribution < -0.4 is 5.32 Å². The molecule has 1 atom stereocenters. The first-order chi connectivity index (χ1) is 14.1. The third kappa shape index (κ3) is 6.00. The molecule has 0 bridgehead atoms. The lowest BCUT2D eigenvalue weighted by Crippen LogP contribution is -2.40. The molecule has 0 aliphatic carbocycles. The van der Waals surface area contributed by atoms with Crippen LogP contribution in [0.3, 0.4) is 0 Å². The summed E-state index contributed by atoms with van der Waals surface area (Å²) < 4.78 is 0. The van der Waals surface area contributed by atoms with Crippen molar-refractivity contribution in [3.05, 3.63) is 69.2 Å². The summed E-state index contributed by atoms with van der Waals surface area (Å²) in [5.41, 5.74) is 3.74. The van der Waals surface area contributed by atoms with E-state index in [1.807, 2.05) is 18.2 Å². The quantitative estimate of drug-likeness (QED) is 0.577. The molecule has 3 nitrogen and oxygen atoms in total. The molecule has 1 heterocycles. The molecule has 2 aromatic rings. The van der Waals surface area contributed by atoms with Crippen LogP contribution in [-0.4, -0.2) is 23.9 Å². The van der Waals surface area contributed by atoms with E-state index in [0.29, 0.717) is 10.0 Å². The lowest BCUT2D eigenvalue weighted by molar-refractivity contribution is -0.127. The molecule has 1 aliphatic rings. The molecule has 0 aromatic heterocycles. The summed E-state index contributed by atoms with van der Waals surface area (Å²) in [6.07, 6.45) is 1.76. The van der Waals surface area contributed by atoms with Crippen LogP contribution >= 0.6 is 23.2 Å². The van der Waals surface area contributed by atoms with Crippen molar-refractivity contribution in [2.75, 3.05) is 13.1 Å². The van der Waals surface area contributed by atoms with Crippen LogP contribution in [0.4, 0.5) is 0 Å². The van der Waals surface area contributed by atoms with Gasteiger partial charge in [0.05, 0.1) is 16.1 Å². The summed E-state index contributed by atoms with van der Waals surface area (Å²) in [7, 11) is 0. The van der Waals surface area contributed by atoms with Gasteiger partial charge in [-0.25, -0.2) is 0 Å². The number of nitrogens with zero attached hydrogens (tertiary/aromatic N) is 1. The largest absolute Gasteiger partial charge is 0.349 e. The minimum atomic E-state index is 0.0146. The van der Waals surface area contributed by atoms with Gasteiger partial charge in [0.2, 0.25) is 5.91 Å². The summed E-state index contributed by atoms with van der Waals surface area (Å²) in [5, 5.41) is 4.38. The van der Waals surface area contributed by atoms with Crippen LogP contribution in [0.1, 0.15) is 63.3 Å². The highest BCUT2D eigenvalue weighted by atomic mass is 35.5. The van der Waals surface area contributed by atoms with Crippen LogP contribution in [-0.2, 0) is 16.8 Å². The number of benzene rings is 2. The van der Waals surface area contributed by atoms with E-state index in [4.69, 9.17) is 23.2 Å². The van der Waals surface area contributed by atoms with Gasteiger partial charge in [-0.05, 0) is 67.1 Å². The van der Waals surface area contributed by atoms with E-state index in [1.165, 1.54) is 5.56 Å². The maximum Gasteiger partial charge on any atom is 0.223 e. The van der Waals surface area contributed by atoms with Gasteiger partial charge in [-0.3, -0.25) is 9.69 Å².